The van der Waals surface area contributed by atoms with Crippen molar-refractivity contribution in [3.63, 3.8) is 0 Å². The molecule has 0 aromatic carbocycles. The van der Waals surface area contributed by atoms with E-state index in [0.29, 0.717) is 6.61 Å². The average Bonchev–Trinajstić information content (AvgIpc) is 2.50. The zero-order valence-corrected chi connectivity index (χ0v) is 7.12. The average molecular weight is 164 g/mol. The van der Waals surface area contributed by atoms with Gasteiger partial charge in [-0.15, -0.1) is 0 Å². The molecular formula is C10H12O2. The SMILES string of the molecule is C=C/C=c1/occ/c1=C/COC. The van der Waals surface area contributed by atoms with Crippen LogP contribution in [0.15, 0.2) is 29.4 Å². The Morgan fingerprint density at radius 2 is 2.50 bits per heavy atom. The van der Waals surface area contributed by atoms with Crippen molar-refractivity contribution in [3.05, 3.63) is 35.6 Å². The van der Waals surface area contributed by atoms with Crippen LogP contribution >= 0.6 is 0 Å². The molecule has 1 aromatic rings. The summed E-state index contributed by atoms with van der Waals surface area (Å²) in [6.07, 6.45) is 7.13. The molecule has 12 heavy (non-hydrogen) atoms. The highest BCUT2D eigenvalue weighted by molar-refractivity contribution is 5.34. The number of ether oxygens (including phenoxy) is 1. The van der Waals surface area contributed by atoms with E-state index < -0.39 is 0 Å². The first kappa shape index (κ1) is 8.81. The van der Waals surface area contributed by atoms with Gasteiger partial charge < -0.3 is 9.15 Å². The standard InChI is InChI=1S/C10H12O2/c1-3-4-10-9(5-7-11-2)6-8-12-10/h3-6,8H,1,7H2,2H3/b9-5-,10-4+. The quantitative estimate of drug-likeness (QED) is 0.655. The number of furan rings is 1. The highest BCUT2D eigenvalue weighted by atomic mass is 16.5. The van der Waals surface area contributed by atoms with Crippen molar-refractivity contribution in [2.24, 2.45) is 0 Å². The van der Waals surface area contributed by atoms with E-state index in [1.165, 1.54) is 0 Å². The summed E-state index contributed by atoms with van der Waals surface area (Å²) in [5, 5.41) is 1.04. The molecule has 2 nitrogen and oxygen atoms in total. The minimum absolute atomic E-state index is 0.595. The van der Waals surface area contributed by atoms with Crippen LogP contribution in [0.4, 0.5) is 0 Å². The number of hydrogen-bond donors (Lipinski definition) is 0. The van der Waals surface area contributed by atoms with Crippen molar-refractivity contribution >= 4 is 12.2 Å². The molecule has 2 heteroatoms. The van der Waals surface area contributed by atoms with E-state index in [4.69, 9.17) is 9.15 Å². The van der Waals surface area contributed by atoms with Crippen molar-refractivity contribution < 1.29 is 9.15 Å². The third kappa shape index (κ3) is 2.10. The molecule has 0 spiro atoms. The van der Waals surface area contributed by atoms with Gasteiger partial charge in [-0.3, -0.25) is 0 Å². The topological polar surface area (TPSA) is 22.4 Å². The lowest BCUT2D eigenvalue weighted by Crippen LogP contribution is -2.19. The van der Waals surface area contributed by atoms with Gasteiger partial charge in [0.15, 0.2) is 0 Å². The summed E-state index contributed by atoms with van der Waals surface area (Å²) in [5.41, 5.74) is 0.821. The fourth-order valence-corrected chi connectivity index (χ4v) is 0.915. The van der Waals surface area contributed by atoms with Crippen molar-refractivity contribution in [1.29, 1.82) is 0 Å². The molecule has 0 fully saturated rings. The molecule has 0 amide bonds. The van der Waals surface area contributed by atoms with Gasteiger partial charge in [0.1, 0.15) is 5.42 Å². The number of methoxy groups -OCH3 is 1. The summed E-state index contributed by atoms with van der Waals surface area (Å²) in [4.78, 5) is 0. The van der Waals surface area contributed by atoms with Crippen molar-refractivity contribution in [1.82, 2.24) is 0 Å². The normalized spacial score (nSPS) is 13.8. The Kier molecular flexibility index (Phi) is 3.35. The molecule has 0 N–H and O–H groups in total. The summed E-state index contributed by atoms with van der Waals surface area (Å²) in [6.45, 7) is 4.19. The largest absolute Gasteiger partial charge is 0.464 e. The van der Waals surface area contributed by atoms with Crippen molar-refractivity contribution in [3.8, 4) is 0 Å². The highest BCUT2D eigenvalue weighted by Gasteiger charge is 1.85. The Hall–Kier alpha value is -1.28. The van der Waals surface area contributed by atoms with E-state index in [0.717, 1.165) is 10.6 Å². The molecule has 0 saturated heterocycles. The van der Waals surface area contributed by atoms with Gasteiger partial charge in [-0.2, -0.15) is 0 Å². The zero-order valence-electron chi connectivity index (χ0n) is 7.12. The fourth-order valence-electron chi connectivity index (χ4n) is 0.915. The second-order valence-corrected chi connectivity index (χ2v) is 2.30. The van der Waals surface area contributed by atoms with Crippen LogP contribution in [0.2, 0.25) is 0 Å². The van der Waals surface area contributed by atoms with Gasteiger partial charge in [0.2, 0.25) is 0 Å². The lowest BCUT2D eigenvalue weighted by molar-refractivity contribution is 0.243. The molecule has 64 valence electrons. The maximum absolute atomic E-state index is 5.19. The minimum Gasteiger partial charge on any atom is -0.464 e. The van der Waals surface area contributed by atoms with Crippen LogP contribution in [-0.2, 0) is 4.74 Å². The first-order valence-electron chi connectivity index (χ1n) is 3.74. The Balaban J connectivity index is 3.07. The maximum Gasteiger partial charge on any atom is 0.133 e. The van der Waals surface area contributed by atoms with Crippen LogP contribution in [0.3, 0.4) is 0 Å². The molecular weight excluding hydrogens is 152 g/mol. The Labute approximate surface area is 71.5 Å². The molecule has 0 radical (unpaired) electrons. The first-order chi connectivity index (χ1) is 5.88. The van der Waals surface area contributed by atoms with E-state index in [1.807, 2.05) is 18.2 Å². The predicted molar refractivity (Wildman–Crippen MR) is 49.0 cm³/mol. The van der Waals surface area contributed by atoms with Gasteiger partial charge in [0.05, 0.1) is 12.9 Å². The second-order valence-electron chi connectivity index (χ2n) is 2.30. The second kappa shape index (κ2) is 4.57. The van der Waals surface area contributed by atoms with Crippen LogP contribution < -0.4 is 10.6 Å². The fraction of sp³-hybridized carbons (Fsp3) is 0.200. The molecule has 0 aliphatic rings. The van der Waals surface area contributed by atoms with Crippen molar-refractivity contribution in [2.75, 3.05) is 13.7 Å². The monoisotopic (exact) mass is 164 g/mol. The summed E-state index contributed by atoms with van der Waals surface area (Å²) in [6, 6.07) is 1.90. The molecule has 0 atom stereocenters. The molecule has 1 rings (SSSR count). The van der Waals surface area contributed by atoms with Gasteiger partial charge >= 0.3 is 0 Å². The van der Waals surface area contributed by atoms with Gasteiger partial charge in [0.25, 0.3) is 0 Å². The first-order valence-corrected chi connectivity index (χ1v) is 3.74. The summed E-state index contributed by atoms with van der Waals surface area (Å²) >= 11 is 0. The Morgan fingerprint density at radius 1 is 1.67 bits per heavy atom. The summed E-state index contributed by atoms with van der Waals surface area (Å²) < 4.78 is 10.1. The van der Waals surface area contributed by atoms with Crippen LogP contribution in [-0.4, -0.2) is 13.7 Å². The zero-order chi connectivity index (χ0) is 8.81. The molecule has 0 unspecified atom stereocenters. The molecule has 0 bridgehead atoms. The van der Waals surface area contributed by atoms with Gasteiger partial charge in [-0.1, -0.05) is 12.7 Å². The minimum atomic E-state index is 0.595. The van der Waals surface area contributed by atoms with Gasteiger partial charge in [0, 0.05) is 12.3 Å². The van der Waals surface area contributed by atoms with Gasteiger partial charge in [-0.05, 0) is 18.2 Å². The molecule has 1 heterocycles. The lowest BCUT2D eigenvalue weighted by atomic mass is 10.4. The number of allylic oxidation sites excluding steroid dienone is 1. The number of rotatable bonds is 3. The maximum atomic E-state index is 5.19. The summed E-state index contributed by atoms with van der Waals surface area (Å²) in [5.74, 6) is 0. The molecule has 0 aliphatic carbocycles. The van der Waals surface area contributed by atoms with Crippen LogP contribution in [0.1, 0.15) is 0 Å². The molecule has 1 aromatic heterocycles. The van der Waals surface area contributed by atoms with E-state index in [-0.39, 0.29) is 0 Å². The number of hydrogen-bond acceptors (Lipinski definition) is 2. The smallest absolute Gasteiger partial charge is 0.133 e. The lowest BCUT2D eigenvalue weighted by Gasteiger charge is -1.84. The third-order valence-corrected chi connectivity index (χ3v) is 1.47. The summed E-state index contributed by atoms with van der Waals surface area (Å²) in [7, 11) is 1.66. The third-order valence-electron chi connectivity index (χ3n) is 1.47. The predicted octanol–water partition coefficient (Wildman–Crippen LogP) is 0.673. The highest BCUT2D eigenvalue weighted by Crippen LogP contribution is 1.73. The Bertz CT molecular complexity index is 346. The van der Waals surface area contributed by atoms with E-state index in [9.17, 15) is 0 Å². The van der Waals surface area contributed by atoms with Crippen LogP contribution in [0.5, 0.6) is 0 Å². The van der Waals surface area contributed by atoms with Crippen molar-refractivity contribution in [2.45, 2.75) is 0 Å². The molecule has 0 saturated carbocycles. The van der Waals surface area contributed by atoms with E-state index in [1.54, 1.807) is 19.4 Å². The van der Waals surface area contributed by atoms with E-state index in [2.05, 4.69) is 6.58 Å². The van der Waals surface area contributed by atoms with Crippen LogP contribution in [0, 0.1) is 0 Å². The molecule has 0 aliphatic heterocycles. The van der Waals surface area contributed by atoms with Gasteiger partial charge in [-0.25, -0.2) is 0 Å². The van der Waals surface area contributed by atoms with E-state index >= 15 is 0 Å². The van der Waals surface area contributed by atoms with Crippen LogP contribution in [0.25, 0.3) is 12.2 Å². The Morgan fingerprint density at radius 3 is 3.17 bits per heavy atom.